The minimum atomic E-state index is -4.74. The molecule has 6 heteroatoms. The summed E-state index contributed by atoms with van der Waals surface area (Å²) in [6.07, 6.45) is -4.27. The second kappa shape index (κ2) is 9.32. The van der Waals surface area contributed by atoms with Gasteiger partial charge in [0.2, 0.25) is 0 Å². The summed E-state index contributed by atoms with van der Waals surface area (Å²) in [5.74, 6) is -1.69. The first-order valence-corrected chi connectivity index (χ1v) is 10.4. The lowest BCUT2D eigenvalue weighted by Gasteiger charge is -2.11. The fourth-order valence-corrected chi connectivity index (χ4v) is 3.89. The fourth-order valence-electron chi connectivity index (χ4n) is 3.89. The van der Waals surface area contributed by atoms with Gasteiger partial charge >= 0.3 is 6.18 Å². The molecule has 0 amide bonds. The second-order valence-corrected chi connectivity index (χ2v) is 7.92. The van der Waals surface area contributed by atoms with Crippen LogP contribution in [0.5, 0.6) is 0 Å². The summed E-state index contributed by atoms with van der Waals surface area (Å²) >= 11 is 0. The topological polar surface area (TPSA) is 9.23 Å². The minimum Gasteiger partial charge on any atom is -0.380 e. The lowest BCUT2D eigenvalue weighted by molar-refractivity contribution is -0.140. The Morgan fingerprint density at radius 3 is 2.09 bits per heavy atom. The SMILES string of the molecule is COCc1ccc(-c2ccc3c(F)c(CCc4ccc(C(F)(F)F)c(F)c4)ccc3c2)cc1. The molecule has 4 aromatic rings. The van der Waals surface area contributed by atoms with E-state index in [2.05, 4.69) is 0 Å². The molecule has 0 atom stereocenters. The van der Waals surface area contributed by atoms with Gasteiger partial charge in [-0.25, -0.2) is 8.78 Å². The van der Waals surface area contributed by atoms with E-state index in [0.29, 0.717) is 23.1 Å². The molecule has 0 unspecified atom stereocenters. The Bertz CT molecular complexity index is 1280. The summed E-state index contributed by atoms with van der Waals surface area (Å²) in [5, 5.41) is 1.21. The summed E-state index contributed by atoms with van der Waals surface area (Å²) in [6.45, 7) is 0.533. The first-order chi connectivity index (χ1) is 15.8. The van der Waals surface area contributed by atoms with Gasteiger partial charge in [-0.15, -0.1) is 0 Å². The highest BCUT2D eigenvalue weighted by atomic mass is 19.4. The van der Waals surface area contributed by atoms with E-state index < -0.39 is 17.6 Å². The third-order valence-electron chi connectivity index (χ3n) is 5.65. The van der Waals surface area contributed by atoms with Crippen molar-refractivity contribution >= 4 is 10.8 Å². The molecule has 170 valence electrons. The van der Waals surface area contributed by atoms with E-state index in [1.165, 1.54) is 6.07 Å². The van der Waals surface area contributed by atoms with Crippen molar-refractivity contribution in [3.05, 3.63) is 107 Å². The Labute approximate surface area is 188 Å². The van der Waals surface area contributed by atoms with Crippen molar-refractivity contribution in [1.82, 2.24) is 0 Å². The van der Waals surface area contributed by atoms with Crippen molar-refractivity contribution in [3.63, 3.8) is 0 Å². The molecule has 0 N–H and O–H groups in total. The molecule has 0 fully saturated rings. The van der Waals surface area contributed by atoms with Crippen LogP contribution in [0.4, 0.5) is 22.0 Å². The molecule has 0 aliphatic heterocycles. The van der Waals surface area contributed by atoms with E-state index in [-0.39, 0.29) is 18.7 Å². The summed E-state index contributed by atoms with van der Waals surface area (Å²) in [5.41, 5.74) is 2.54. The molecule has 0 radical (unpaired) electrons. The predicted octanol–water partition coefficient (Wildman–Crippen LogP) is 7.74. The molecular formula is C27H21F5O. The third-order valence-corrected chi connectivity index (χ3v) is 5.65. The zero-order valence-corrected chi connectivity index (χ0v) is 17.8. The highest BCUT2D eigenvalue weighted by Gasteiger charge is 2.33. The smallest absolute Gasteiger partial charge is 0.380 e. The number of alkyl halides is 3. The summed E-state index contributed by atoms with van der Waals surface area (Å²) in [4.78, 5) is 0. The van der Waals surface area contributed by atoms with Crippen LogP contribution >= 0.6 is 0 Å². The largest absolute Gasteiger partial charge is 0.419 e. The van der Waals surface area contributed by atoms with E-state index in [1.54, 1.807) is 19.2 Å². The van der Waals surface area contributed by atoms with Crippen LogP contribution in [0.2, 0.25) is 0 Å². The second-order valence-electron chi connectivity index (χ2n) is 7.92. The Morgan fingerprint density at radius 2 is 1.42 bits per heavy atom. The van der Waals surface area contributed by atoms with Gasteiger partial charge in [-0.3, -0.25) is 0 Å². The zero-order valence-electron chi connectivity index (χ0n) is 17.8. The maximum absolute atomic E-state index is 15.1. The van der Waals surface area contributed by atoms with Crippen molar-refractivity contribution in [1.29, 1.82) is 0 Å². The average Bonchev–Trinajstić information content (AvgIpc) is 2.78. The number of fused-ring (bicyclic) bond motifs is 1. The van der Waals surface area contributed by atoms with Crippen molar-refractivity contribution in [3.8, 4) is 11.1 Å². The van der Waals surface area contributed by atoms with Gasteiger partial charge in [-0.1, -0.05) is 54.6 Å². The number of halogens is 5. The van der Waals surface area contributed by atoms with Crippen molar-refractivity contribution in [2.75, 3.05) is 7.11 Å². The Morgan fingerprint density at radius 1 is 0.727 bits per heavy atom. The third kappa shape index (κ3) is 5.06. The Kier molecular flexibility index (Phi) is 6.47. The van der Waals surface area contributed by atoms with E-state index in [9.17, 15) is 17.6 Å². The molecular weight excluding hydrogens is 435 g/mol. The number of aryl methyl sites for hydroxylation is 2. The molecule has 4 aromatic carbocycles. The molecule has 0 spiro atoms. The van der Waals surface area contributed by atoms with Crippen LogP contribution < -0.4 is 0 Å². The number of hydrogen-bond acceptors (Lipinski definition) is 1. The van der Waals surface area contributed by atoms with E-state index in [0.717, 1.165) is 34.2 Å². The Balaban J connectivity index is 1.53. The summed E-state index contributed by atoms with van der Waals surface area (Å²) in [7, 11) is 1.64. The average molecular weight is 456 g/mol. The van der Waals surface area contributed by atoms with E-state index in [4.69, 9.17) is 4.74 Å². The molecule has 0 aliphatic carbocycles. The van der Waals surface area contributed by atoms with Crippen LogP contribution in [0.15, 0.2) is 72.8 Å². The molecule has 0 saturated carbocycles. The van der Waals surface area contributed by atoms with Crippen LogP contribution in [0.25, 0.3) is 21.9 Å². The minimum absolute atomic E-state index is 0.226. The Hall–Kier alpha value is -3.25. The normalized spacial score (nSPS) is 11.8. The van der Waals surface area contributed by atoms with Gasteiger partial charge in [0.15, 0.2) is 0 Å². The van der Waals surface area contributed by atoms with Crippen molar-refractivity contribution in [2.45, 2.75) is 25.6 Å². The van der Waals surface area contributed by atoms with Gasteiger partial charge in [-0.2, -0.15) is 13.2 Å². The molecule has 0 aliphatic rings. The molecule has 33 heavy (non-hydrogen) atoms. The first kappa shape index (κ1) is 22.9. The number of rotatable bonds is 6. The first-order valence-electron chi connectivity index (χ1n) is 10.4. The lowest BCUT2D eigenvalue weighted by Crippen LogP contribution is -2.08. The molecule has 4 rings (SSSR count). The van der Waals surface area contributed by atoms with Crippen LogP contribution in [-0.4, -0.2) is 7.11 Å². The van der Waals surface area contributed by atoms with Crippen molar-refractivity contribution in [2.24, 2.45) is 0 Å². The van der Waals surface area contributed by atoms with Crippen LogP contribution in [0.3, 0.4) is 0 Å². The summed E-state index contributed by atoms with van der Waals surface area (Å²) in [6, 6.07) is 19.8. The number of ether oxygens (including phenoxy) is 1. The van der Waals surface area contributed by atoms with Crippen LogP contribution in [0, 0.1) is 11.6 Å². The number of methoxy groups -OCH3 is 1. The van der Waals surface area contributed by atoms with E-state index in [1.807, 2.05) is 42.5 Å². The number of hydrogen-bond donors (Lipinski definition) is 0. The quantitative estimate of drug-likeness (QED) is 0.270. The molecule has 0 bridgehead atoms. The number of benzene rings is 4. The van der Waals surface area contributed by atoms with Gasteiger partial charge in [-0.05, 0) is 64.2 Å². The van der Waals surface area contributed by atoms with Crippen molar-refractivity contribution < 1.29 is 26.7 Å². The highest BCUT2D eigenvalue weighted by Crippen LogP contribution is 2.32. The van der Waals surface area contributed by atoms with Gasteiger partial charge in [0, 0.05) is 12.5 Å². The monoisotopic (exact) mass is 456 g/mol. The van der Waals surface area contributed by atoms with Crippen LogP contribution in [-0.2, 0) is 30.4 Å². The maximum Gasteiger partial charge on any atom is 0.419 e. The molecule has 0 saturated heterocycles. The molecule has 1 nitrogen and oxygen atoms in total. The zero-order chi connectivity index (χ0) is 23.6. The molecule has 0 aromatic heterocycles. The predicted molar refractivity (Wildman–Crippen MR) is 119 cm³/mol. The maximum atomic E-state index is 15.1. The van der Waals surface area contributed by atoms with E-state index >= 15 is 4.39 Å². The highest BCUT2D eigenvalue weighted by molar-refractivity contribution is 5.88. The van der Waals surface area contributed by atoms with Gasteiger partial charge in [0.05, 0.1) is 12.2 Å². The lowest BCUT2D eigenvalue weighted by atomic mass is 9.96. The van der Waals surface area contributed by atoms with Gasteiger partial charge in [0.1, 0.15) is 11.6 Å². The standard InChI is InChI=1S/C27H21F5O/c1-33-16-18-3-6-19(7-4-18)21-11-12-23-22(15-21)10-9-20(26(23)29)8-2-17-5-13-24(25(28)14-17)27(30,31)32/h3-7,9-15H,2,8,16H2,1H3. The molecule has 0 heterocycles. The van der Waals surface area contributed by atoms with Crippen LogP contribution in [0.1, 0.15) is 22.3 Å². The fraction of sp³-hybridized carbons (Fsp3) is 0.185. The van der Waals surface area contributed by atoms with Gasteiger partial charge < -0.3 is 4.74 Å². The van der Waals surface area contributed by atoms with Gasteiger partial charge in [0.25, 0.3) is 0 Å². The summed E-state index contributed by atoms with van der Waals surface area (Å²) < 4.78 is 72.2.